The fourth-order valence-electron chi connectivity index (χ4n) is 2.56. The smallest absolute Gasteiger partial charge is 0.240 e. The maximum Gasteiger partial charge on any atom is 0.240 e. The molecule has 0 saturated carbocycles. The first-order chi connectivity index (χ1) is 11.5. The van der Waals surface area contributed by atoms with E-state index in [2.05, 4.69) is 25.6 Å². The van der Waals surface area contributed by atoms with E-state index in [9.17, 15) is 8.42 Å². The molecule has 0 fully saturated rings. The van der Waals surface area contributed by atoms with Crippen LogP contribution in [0.5, 0.6) is 0 Å². The number of fused-ring (bicyclic) bond motifs is 1. The van der Waals surface area contributed by atoms with Gasteiger partial charge in [-0.15, -0.1) is 0 Å². The highest BCUT2D eigenvalue weighted by molar-refractivity contribution is 9.10. The van der Waals surface area contributed by atoms with Crippen molar-refractivity contribution in [2.24, 2.45) is 0 Å². The molecular formula is C18H17BrN2O2S. The monoisotopic (exact) mass is 404 g/mol. The van der Waals surface area contributed by atoms with Crippen molar-refractivity contribution in [3.05, 3.63) is 70.3 Å². The molecule has 0 aliphatic carbocycles. The second-order valence-corrected chi connectivity index (χ2v) is 8.17. The third kappa shape index (κ3) is 3.66. The Morgan fingerprint density at radius 1 is 1.12 bits per heavy atom. The fourth-order valence-corrected chi connectivity index (χ4v) is 3.92. The molecule has 0 aliphatic rings. The molecule has 0 bridgehead atoms. The average Bonchev–Trinajstić information content (AvgIpc) is 2.57. The summed E-state index contributed by atoms with van der Waals surface area (Å²) >= 11 is 3.38. The Labute approximate surface area is 150 Å². The van der Waals surface area contributed by atoms with E-state index in [0.717, 1.165) is 26.5 Å². The van der Waals surface area contributed by atoms with Gasteiger partial charge in [0.1, 0.15) is 0 Å². The highest BCUT2D eigenvalue weighted by Crippen LogP contribution is 2.20. The van der Waals surface area contributed by atoms with E-state index in [1.807, 2.05) is 37.3 Å². The first kappa shape index (κ1) is 17.1. The van der Waals surface area contributed by atoms with Gasteiger partial charge in [-0.25, -0.2) is 13.1 Å². The topological polar surface area (TPSA) is 59.1 Å². The van der Waals surface area contributed by atoms with Crippen molar-refractivity contribution >= 4 is 36.9 Å². The SMILES string of the molecule is Cc1cc(S(=O)(=O)NCCc2cccc3cccnc23)ccc1Br. The molecule has 0 unspecified atom stereocenters. The van der Waals surface area contributed by atoms with Gasteiger partial charge in [0.2, 0.25) is 10.0 Å². The fraction of sp³-hybridized carbons (Fsp3) is 0.167. The molecule has 0 radical (unpaired) electrons. The Hall–Kier alpha value is -1.76. The van der Waals surface area contributed by atoms with E-state index in [0.29, 0.717) is 13.0 Å². The number of nitrogens with one attached hydrogen (secondary N) is 1. The van der Waals surface area contributed by atoms with Gasteiger partial charge < -0.3 is 0 Å². The molecule has 1 heterocycles. The molecule has 0 amide bonds. The number of sulfonamides is 1. The van der Waals surface area contributed by atoms with E-state index in [4.69, 9.17) is 0 Å². The Balaban J connectivity index is 1.74. The van der Waals surface area contributed by atoms with Crippen LogP contribution in [0, 0.1) is 6.92 Å². The number of halogens is 1. The number of hydrogen-bond donors (Lipinski definition) is 1. The molecule has 0 spiro atoms. The van der Waals surface area contributed by atoms with Crippen LogP contribution >= 0.6 is 15.9 Å². The Kier molecular flexibility index (Phi) is 4.99. The largest absolute Gasteiger partial charge is 0.256 e. The zero-order valence-electron chi connectivity index (χ0n) is 13.2. The number of nitrogens with zero attached hydrogens (tertiary/aromatic N) is 1. The van der Waals surface area contributed by atoms with Crippen LogP contribution in [0.3, 0.4) is 0 Å². The molecule has 124 valence electrons. The van der Waals surface area contributed by atoms with E-state index in [-0.39, 0.29) is 4.90 Å². The highest BCUT2D eigenvalue weighted by Gasteiger charge is 2.14. The molecule has 0 aliphatic heterocycles. The molecule has 2 aromatic carbocycles. The van der Waals surface area contributed by atoms with Crippen LogP contribution in [0.4, 0.5) is 0 Å². The summed E-state index contributed by atoms with van der Waals surface area (Å²) in [6, 6.07) is 14.8. The van der Waals surface area contributed by atoms with Gasteiger partial charge in [-0.3, -0.25) is 4.98 Å². The van der Waals surface area contributed by atoms with Crippen molar-refractivity contribution in [2.75, 3.05) is 6.54 Å². The predicted octanol–water partition coefficient (Wildman–Crippen LogP) is 3.83. The molecule has 0 atom stereocenters. The normalized spacial score (nSPS) is 11.8. The van der Waals surface area contributed by atoms with Gasteiger partial charge in [0.25, 0.3) is 0 Å². The Bertz CT molecular complexity index is 982. The molecule has 1 aromatic heterocycles. The number of rotatable bonds is 5. The Morgan fingerprint density at radius 2 is 1.92 bits per heavy atom. The van der Waals surface area contributed by atoms with Crippen LogP contribution in [-0.4, -0.2) is 19.9 Å². The highest BCUT2D eigenvalue weighted by atomic mass is 79.9. The van der Waals surface area contributed by atoms with E-state index in [1.54, 1.807) is 24.4 Å². The van der Waals surface area contributed by atoms with Crippen molar-refractivity contribution in [2.45, 2.75) is 18.2 Å². The molecule has 24 heavy (non-hydrogen) atoms. The molecule has 4 nitrogen and oxygen atoms in total. The van der Waals surface area contributed by atoms with Gasteiger partial charge in [-0.05, 0) is 48.7 Å². The minimum absolute atomic E-state index is 0.277. The van der Waals surface area contributed by atoms with Crippen LogP contribution < -0.4 is 4.72 Å². The van der Waals surface area contributed by atoms with Gasteiger partial charge in [-0.2, -0.15) is 0 Å². The number of pyridine rings is 1. The summed E-state index contributed by atoms with van der Waals surface area (Å²) in [4.78, 5) is 4.67. The van der Waals surface area contributed by atoms with Crippen LogP contribution in [0.2, 0.25) is 0 Å². The lowest BCUT2D eigenvalue weighted by atomic mass is 10.1. The second-order valence-electron chi connectivity index (χ2n) is 5.55. The maximum absolute atomic E-state index is 12.4. The van der Waals surface area contributed by atoms with Gasteiger partial charge in [-0.1, -0.05) is 40.2 Å². The van der Waals surface area contributed by atoms with Crippen LogP contribution in [0.15, 0.2) is 64.1 Å². The lowest BCUT2D eigenvalue weighted by Gasteiger charge is -2.09. The minimum Gasteiger partial charge on any atom is -0.256 e. The number of benzene rings is 2. The quantitative estimate of drug-likeness (QED) is 0.702. The van der Waals surface area contributed by atoms with Crippen LogP contribution in [0.1, 0.15) is 11.1 Å². The Morgan fingerprint density at radius 3 is 2.71 bits per heavy atom. The van der Waals surface area contributed by atoms with Crippen molar-refractivity contribution in [3.63, 3.8) is 0 Å². The third-order valence-electron chi connectivity index (χ3n) is 3.84. The number of aromatic nitrogens is 1. The molecular weight excluding hydrogens is 388 g/mol. The average molecular weight is 405 g/mol. The third-order valence-corrected chi connectivity index (χ3v) is 6.19. The summed E-state index contributed by atoms with van der Waals surface area (Å²) in [5.41, 5.74) is 2.83. The van der Waals surface area contributed by atoms with Crippen molar-refractivity contribution in [3.8, 4) is 0 Å². The van der Waals surface area contributed by atoms with E-state index < -0.39 is 10.0 Å². The predicted molar refractivity (Wildman–Crippen MR) is 99.5 cm³/mol. The summed E-state index contributed by atoms with van der Waals surface area (Å²) < 4.78 is 28.4. The lowest BCUT2D eigenvalue weighted by molar-refractivity contribution is 0.581. The summed E-state index contributed by atoms with van der Waals surface area (Å²) in [5, 5.41) is 1.06. The van der Waals surface area contributed by atoms with Crippen LogP contribution in [-0.2, 0) is 16.4 Å². The number of hydrogen-bond acceptors (Lipinski definition) is 3. The van der Waals surface area contributed by atoms with Crippen molar-refractivity contribution in [1.82, 2.24) is 9.71 Å². The van der Waals surface area contributed by atoms with Crippen molar-refractivity contribution in [1.29, 1.82) is 0 Å². The zero-order chi connectivity index (χ0) is 17.2. The molecule has 3 aromatic rings. The second kappa shape index (κ2) is 7.01. The number of para-hydroxylation sites is 1. The molecule has 6 heteroatoms. The molecule has 1 N–H and O–H groups in total. The molecule has 3 rings (SSSR count). The zero-order valence-corrected chi connectivity index (χ0v) is 15.6. The first-order valence-electron chi connectivity index (χ1n) is 7.56. The summed E-state index contributed by atoms with van der Waals surface area (Å²) in [6.07, 6.45) is 2.34. The van der Waals surface area contributed by atoms with Crippen molar-refractivity contribution < 1.29 is 8.42 Å². The minimum atomic E-state index is -3.51. The van der Waals surface area contributed by atoms with Crippen LogP contribution in [0.25, 0.3) is 10.9 Å². The van der Waals surface area contributed by atoms with E-state index >= 15 is 0 Å². The maximum atomic E-state index is 12.4. The van der Waals surface area contributed by atoms with Gasteiger partial charge in [0.05, 0.1) is 10.4 Å². The summed E-state index contributed by atoms with van der Waals surface area (Å²) in [7, 11) is -3.51. The van der Waals surface area contributed by atoms with Gasteiger partial charge >= 0.3 is 0 Å². The van der Waals surface area contributed by atoms with E-state index in [1.165, 1.54) is 0 Å². The number of aryl methyl sites for hydroxylation is 1. The summed E-state index contributed by atoms with van der Waals surface area (Å²) in [5.74, 6) is 0. The standard InChI is InChI=1S/C18H17BrN2O2S/c1-13-12-16(7-8-17(13)19)24(22,23)21-11-9-15-5-2-4-14-6-3-10-20-18(14)15/h2-8,10,12,21H,9,11H2,1H3. The summed E-state index contributed by atoms with van der Waals surface area (Å²) in [6.45, 7) is 2.19. The molecule has 0 saturated heterocycles. The van der Waals surface area contributed by atoms with Gasteiger partial charge in [0, 0.05) is 22.6 Å². The lowest BCUT2D eigenvalue weighted by Crippen LogP contribution is -2.26. The first-order valence-corrected chi connectivity index (χ1v) is 9.83. The van der Waals surface area contributed by atoms with Gasteiger partial charge in [0.15, 0.2) is 0 Å².